The molecule has 1 N–H and O–H groups in total. The zero-order chi connectivity index (χ0) is 16.1. The average molecular weight is 293 g/mol. The maximum absolute atomic E-state index is 12.1. The third-order valence-electron chi connectivity index (χ3n) is 3.76. The van der Waals surface area contributed by atoms with Crippen molar-refractivity contribution in [2.75, 3.05) is 5.32 Å². The summed E-state index contributed by atoms with van der Waals surface area (Å²) in [6.45, 7) is 8.33. The van der Waals surface area contributed by atoms with E-state index in [4.69, 9.17) is 0 Å². The molecular weight excluding hydrogens is 270 g/mol. The van der Waals surface area contributed by atoms with Gasteiger partial charge in [-0.3, -0.25) is 4.79 Å². The molecule has 1 amide bonds. The second-order valence-electron chi connectivity index (χ2n) is 5.91. The standard InChI is InChI=1S/C20H23NO/c1-14(2)18-11-8-17(9-12-18)10-13-19(22)21-20-15(3)6-5-7-16(20)4/h5-14H,1-4H3,(H,21,22)/b13-10+. The SMILES string of the molecule is Cc1cccc(C)c1NC(=O)/C=C/c1ccc(C(C)C)cc1. The van der Waals surface area contributed by atoms with Crippen LogP contribution in [0.5, 0.6) is 0 Å². The first-order chi connectivity index (χ1) is 10.5. The topological polar surface area (TPSA) is 29.1 Å². The Labute approximate surface area is 132 Å². The van der Waals surface area contributed by atoms with Gasteiger partial charge < -0.3 is 5.32 Å². The van der Waals surface area contributed by atoms with E-state index >= 15 is 0 Å². The fourth-order valence-electron chi connectivity index (χ4n) is 2.34. The molecule has 0 aliphatic heterocycles. The third-order valence-corrected chi connectivity index (χ3v) is 3.76. The average Bonchev–Trinajstić information content (AvgIpc) is 2.49. The minimum atomic E-state index is -0.106. The van der Waals surface area contributed by atoms with Gasteiger partial charge in [-0.2, -0.15) is 0 Å². The van der Waals surface area contributed by atoms with Crippen LogP contribution in [-0.2, 0) is 4.79 Å². The van der Waals surface area contributed by atoms with Crippen LogP contribution in [0.2, 0.25) is 0 Å². The van der Waals surface area contributed by atoms with E-state index in [9.17, 15) is 4.79 Å². The monoisotopic (exact) mass is 293 g/mol. The normalized spacial score (nSPS) is 11.1. The maximum atomic E-state index is 12.1. The fourth-order valence-corrected chi connectivity index (χ4v) is 2.34. The molecular formula is C20H23NO. The number of benzene rings is 2. The molecule has 2 heteroatoms. The second-order valence-corrected chi connectivity index (χ2v) is 5.91. The largest absolute Gasteiger partial charge is 0.322 e. The highest BCUT2D eigenvalue weighted by Crippen LogP contribution is 2.19. The highest BCUT2D eigenvalue weighted by molar-refractivity contribution is 6.02. The molecule has 0 aliphatic rings. The summed E-state index contributed by atoms with van der Waals surface area (Å²) in [5, 5.41) is 2.95. The van der Waals surface area contributed by atoms with Crippen molar-refractivity contribution in [2.24, 2.45) is 0 Å². The molecule has 0 bridgehead atoms. The summed E-state index contributed by atoms with van der Waals surface area (Å²) in [4.78, 5) is 12.1. The van der Waals surface area contributed by atoms with Crippen molar-refractivity contribution < 1.29 is 4.79 Å². The van der Waals surface area contributed by atoms with Gasteiger partial charge in [0, 0.05) is 11.8 Å². The van der Waals surface area contributed by atoms with Gasteiger partial charge in [0.15, 0.2) is 0 Å². The lowest BCUT2D eigenvalue weighted by atomic mass is 10.0. The molecule has 0 saturated heterocycles. The smallest absolute Gasteiger partial charge is 0.248 e. The van der Waals surface area contributed by atoms with Gasteiger partial charge >= 0.3 is 0 Å². The van der Waals surface area contributed by atoms with Crippen LogP contribution in [0.4, 0.5) is 5.69 Å². The van der Waals surface area contributed by atoms with Crippen LogP contribution in [-0.4, -0.2) is 5.91 Å². The van der Waals surface area contributed by atoms with Crippen LogP contribution >= 0.6 is 0 Å². The number of hydrogen-bond acceptors (Lipinski definition) is 1. The summed E-state index contributed by atoms with van der Waals surface area (Å²) in [6.07, 6.45) is 3.42. The first-order valence-electron chi connectivity index (χ1n) is 7.62. The molecule has 0 saturated carbocycles. The summed E-state index contributed by atoms with van der Waals surface area (Å²) < 4.78 is 0. The van der Waals surface area contributed by atoms with Crippen molar-refractivity contribution in [3.8, 4) is 0 Å². The number of amides is 1. The Morgan fingerprint density at radius 1 is 1.00 bits per heavy atom. The number of aryl methyl sites for hydroxylation is 2. The van der Waals surface area contributed by atoms with Crippen LogP contribution in [0.25, 0.3) is 6.08 Å². The highest BCUT2D eigenvalue weighted by Gasteiger charge is 2.04. The number of carbonyl (C=O) groups is 1. The van der Waals surface area contributed by atoms with E-state index in [1.807, 2.05) is 50.3 Å². The minimum Gasteiger partial charge on any atom is -0.322 e. The van der Waals surface area contributed by atoms with Crippen molar-refractivity contribution in [3.05, 3.63) is 70.8 Å². The third kappa shape index (κ3) is 4.08. The molecule has 2 nitrogen and oxygen atoms in total. The van der Waals surface area contributed by atoms with E-state index in [0.717, 1.165) is 22.4 Å². The second kappa shape index (κ2) is 7.08. The van der Waals surface area contributed by atoms with Gasteiger partial charge in [-0.25, -0.2) is 0 Å². The van der Waals surface area contributed by atoms with Gasteiger partial charge in [0.2, 0.25) is 5.91 Å². The predicted octanol–water partition coefficient (Wildman–Crippen LogP) is 5.08. The Balaban J connectivity index is 2.05. The molecule has 0 aliphatic carbocycles. The van der Waals surface area contributed by atoms with E-state index in [1.165, 1.54) is 5.56 Å². The molecule has 0 atom stereocenters. The lowest BCUT2D eigenvalue weighted by molar-refractivity contribution is -0.111. The van der Waals surface area contributed by atoms with Crippen molar-refractivity contribution >= 4 is 17.7 Å². The van der Waals surface area contributed by atoms with Gasteiger partial charge in [-0.05, 0) is 48.1 Å². The van der Waals surface area contributed by atoms with Gasteiger partial charge in [0.1, 0.15) is 0 Å². The number of nitrogens with one attached hydrogen (secondary N) is 1. The molecule has 0 aromatic heterocycles. The Kier molecular flexibility index (Phi) is 5.16. The molecule has 0 radical (unpaired) electrons. The Bertz CT molecular complexity index is 661. The molecule has 0 heterocycles. The lowest BCUT2D eigenvalue weighted by Crippen LogP contribution is -2.10. The predicted molar refractivity (Wildman–Crippen MR) is 94.1 cm³/mol. The van der Waals surface area contributed by atoms with E-state index in [-0.39, 0.29) is 5.91 Å². The Hall–Kier alpha value is -2.35. The number of hydrogen-bond donors (Lipinski definition) is 1. The number of rotatable bonds is 4. The molecule has 114 valence electrons. The lowest BCUT2D eigenvalue weighted by Gasteiger charge is -2.09. The zero-order valence-electron chi connectivity index (χ0n) is 13.7. The van der Waals surface area contributed by atoms with Gasteiger partial charge in [0.05, 0.1) is 0 Å². The van der Waals surface area contributed by atoms with Gasteiger partial charge in [0.25, 0.3) is 0 Å². The molecule has 22 heavy (non-hydrogen) atoms. The highest BCUT2D eigenvalue weighted by atomic mass is 16.1. The summed E-state index contributed by atoms with van der Waals surface area (Å²) in [6, 6.07) is 14.3. The van der Waals surface area contributed by atoms with Crippen LogP contribution in [0.3, 0.4) is 0 Å². The zero-order valence-corrected chi connectivity index (χ0v) is 13.7. The van der Waals surface area contributed by atoms with E-state index < -0.39 is 0 Å². The molecule has 0 spiro atoms. The summed E-state index contributed by atoms with van der Waals surface area (Å²) in [5.74, 6) is 0.413. The molecule has 2 aromatic carbocycles. The van der Waals surface area contributed by atoms with Gasteiger partial charge in [-0.1, -0.05) is 56.3 Å². The van der Waals surface area contributed by atoms with Crippen LogP contribution < -0.4 is 5.32 Å². The number of anilines is 1. The van der Waals surface area contributed by atoms with E-state index in [2.05, 4.69) is 31.3 Å². The number of para-hydroxylation sites is 1. The van der Waals surface area contributed by atoms with Crippen molar-refractivity contribution in [2.45, 2.75) is 33.6 Å². The van der Waals surface area contributed by atoms with Crippen LogP contribution in [0, 0.1) is 13.8 Å². The number of carbonyl (C=O) groups excluding carboxylic acids is 1. The maximum Gasteiger partial charge on any atom is 0.248 e. The van der Waals surface area contributed by atoms with Gasteiger partial charge in [-0.15, -0.1) is 0 Å². The quantitative estimate of drug-likeness (QED) is 0.783. The van der Waals surface area contributed by atoms with E-state index in [1.54, 1.807) is 6.08 Å². The molecule has 0 fully saturated rings. The Morgan fingerprint density at radius 2 is 1.59 bits per heavy atom. The molecule has 2 rings (SSSR count). The van der Waals surface area contributed by atoms with Crippen molar-refractivity contribution in [1.82, 2.24) is 0 Å². The minimum absolute atomic E-state index is 0.106. The first kappa shape index (κ1) is 16.0. The van der Waals surface area contributed by atoms with E-state index in [0.29, 0.717) is 5.92 Å². The summed E-state index contributed by atoms with van der Waals surface area (Å²) in [7, 11) is 0. The molecule has 2 aromatic rings. The van der Waals surface area contributed by atoms with Crippen molar-refractivity contribution in [3.63, 3.8) is 0 Å². The van der Waals surface area contributed by atoms with Crippen molar-refractivity contribution in [1.29, 1.82) is 0 Å². The Morgan fingerprint density at radius 3 is 2.14 bits per heavy atom. The summed E-state index contributed by atoms with van der Waals surface area (Å²) in [5.41, 5.74) is 5.37. The first-order valence-corrected chi connectivity index (χ1v) is 7.62. The summed E-state index contributed by atoms with van der Waals surface area (Å²) >= 11 is 0. The van der Waals surface area contributed by atoms with Crippen LogP contribution in [0.1, 0.15) is 42.0 Å². The van der Waals surface area contributed by atoms with Crippen LogP contribution in [0.15, 0.2) is 48.5 Å². The fraction of sp³-hybridized carbons (Fsp3) is 0.250. The molecule has 0 unspecified atom stereocenters.